The molecule has 0 bridgehead atoms. The summed E-state index contributed by atoms with van der Waals surface area (Å²) in [4.78, 5) is 11.6. The van der Waals surface area contributed by atoms with Gasteiger partial charge in [0.1, 0.15) is 5.82 Å². The minimum Gasteiger partial charge on any atom is -0.481 e. The van der Waals surface area contributed by atoms with Crippen LogP contribution in [0.3, 0.4) is 0 Å². The van der Waals surface area contributed by atoms with Crippen LogP contribution in [0.25, 0.3) is 0 Å². The van der Waals surface area contributed by atoms with Crippen molar-refractivity contribution in [1.29, 1.82) is 0 Å². The van der Waals surface area contributed by atoms with Crippen LogP contribution in [-0.2, 0) is 4.79 Å². The van der Waals surface area contributed by atoms with E-state index in [0.29, 0.717) is 0 Å². The first-order valence-electron chi connectivity index (χ1n) is 5.89. The van der Waals surface area contributed by atoms with Gasteiger partial charge in [-0.25, -0.2) is 8.78 Å². The van der Waals surface area contributed by atoms with Crippen LogP contribution in [0.2, 0.25) is 0 Å². The molecule has 2 aromatic rings. The number of nitrogen functional groups attached to an aromatic ring is 1. The van der Waals surface area contributed by atoms with Crippen molar-refractivity contribution in [3.63, 3.8) is 0 Å². The van der Waals surface area contributed by atoms with Crippen molar-refractivity contribution in [2.24, 2.45) is 0 Å². The van der Waals surface area contributed by atoms with Gasteiger partial charge < -0.3 is 15.8 Å². The highest BCUT2D eigenvalue weighted by atomic mass is 19.2. The van der Waals surface area contributed by atoms with Crippen LogP contribution < -0.4 is 15.8 Å². The fraction of sp³-hybridized carbons (Fsp3) is 0.0714. The Labute approximate surface area is 118 Å². The van der Waals surface area contributed by atoms with Crippen molar-refractivity contribution in [3.8, 4) is 5.75 Å². The zero-order valence-electron chi connectivity index (χ0n) is 10.7. The van der Waals surface area contributed by atoms with Crippen molar-refractivity contribution in [1.82, 2.24) is 0 Å². The fourth-order valence-corrected chi connectivity index (χ4v) is 1.57. The maximum atomic E-state index is 13.3. The van der Waals surface area contributed by atoms with Gasteiger partial charge in [0.25, 0.3) is 5.91 Å². The number of amides is 1. The van der Waals surface area contributed by atoms with E-state index in [1.165, 1.54) is 18.2 Å². The first-order valence-corrected chi connectivity index (χ1v) is 5.89. The Balaban J connectivity index is 1.97. The highest BCUT2D eigenvalue weighted by molar-refractivity contribution is 5.94. The monoisotopic (exact) mass is 296 g/mol. The maximum absolute atomic E-state index is 13.3. The fourth-order valence-electron chi connectivity index (χ4n) is 1.57. The Morgan fingerprint density at radius 2 is 1.95 bits per heavy atom. The summed E-state index contributed by atoms with van der Waals surface area (Å²) in [7, 11) is 0. The molecule has 4 nitrogen and oxygen atoms in total. The van der Waals surface area contributed by atoms with Gasteiger partial charge in [-0.05, 0) is 30.3 Å². The highest BCUT2D eigenvalue weighted by Gasteiger charge is 2.11. The molecule has 3 N–H and O–H groups in total. The van der Waals surface area contributed by atoms with Crippen molar-refractivity contribution in [2.45, 2.75) is 0 Å². The lowest BCUT2D eigenvalue weighted by molar-refractivity contribution is -0.118. The first-order chi connectivity index (χ1) is 9.97. The van der Waals surface area contributed by atoms with Gasteiger partial charge in [0.05, 0.1) is 11.4 Å². The lowest BCUT2D eigenvalue weighted by atomic mass is 10.2. The van der Waals surface area contributed by atoms with Gasteiger partial charge in [-0.3, -0.25) is 4.79 Å². The molecular formula is C14H11F3N2O2. The SMILES string of the molecule is Nc1cc(F)ccc1NC(=O)COc1cccc(F)c1F. The number of rotatable bonds is 4. The molecule has 0 saturated carbocycles. The third kappa shape index (κ3) is 3.65. The quantitative estimate of drug-likeness (QED) is 0.853. The lowest BCUT2D eigenvalue weighted by Gasteiger charge is -2.10. The molecule has 0 heterocycles. The summed E-state index contributed by atoms with van der Waals surface area (Å²) >= 11 is 0. The molecule has 1 amide bonds. The molecule has 2 rings (SSSR count). The molecule has 0 aliphatic heterocycles. The van der Waals surface area contributed by atoms with E-state index in [4.69, 9.17) is 10.5 Å². The van der Waals surface area contributed by atoms with Gasteiger partial charge in [-0.1, -0.05) is 6.07 Å². The molecule has 0 aromatic heterocycles. The number of benzene rings is 2. The van der Waals surface area contributed by atoms with Crippen LogP contribution >= 0.6 is 0 Å². The average molecular weight is 296 g/mol. The van der Waals surface area contributed by atoms with Crippen LogP contribution in [-0.4, -0.2) is 12.5 Å². The predicted octanol–water partition coefficient (Wildman–Crippen LogP) is 2.70. The number of ether oxygens (including phenoxy) is 1. The molecule has 7 heteroatoms. The maximum Gasteiger partial charge on any atom is 0.262 e. The Morgan fingerprint density at radius 1 is 1.19 bits per heavy atom. The van der Waals surface area contributed by atoms with Crippen molar-refractivity contribution < 1.29 is 22.7 Å². The molecule has 110 valence electrons. The van der Waals surface area contributed by atoms with Gasteiger partial charge in [0.15, 0.2) is 18.2 Å². The van der Waals surface area contributed by atoms with E-state index in [-0.39, 0.29) is 17.1 Å². The summed E-state index contributed by atoms with van der Waals surface area (Å²) in [5.74, 6) is -3.81. The van der Waals surface area contributed by atoms with E-state index in [9.17, 15) is 18.0 Å². The molecule has 0 unspecified atom stereocenters. The third-order valence-electron chi connectivity index (χ3n) is 2.56. The van der Waals surface area contributed by atoms with E-state index in [0.717, 1.165) is 18.2 Å². The number of nitrogens with two attached hydrogens (primary N) is 1. The van der Waals surface area contributed by atoms with Crippen LogP contribution in [0.1, 0.15) is 0 Å². The Bertz CT molecular complexity index is 677. The van der Waals surface area contributed by atoms with E-state index < -0.39 is 30.0 Å². The average Bonchev–Trinajstić information content (AvgIpc) is 2.43. The summed E-state index contributed by atoms with van der Waals surface area (Å²) in [5.41, 5.74) is 5.76. The standard InChI is InChI=1S/C14H11F3N2O2/c15-8-4-5-11(10(18)6-8)19-13(20)7-21-12-3-1-2-9(16)14(12)17/h1-6H,7,18H2,(H,19,20). The molecule has 0 aliphatic rings. The first kappa shape index (κ1) is 14.7. The number of nitrogens with one attached hydrogen (secondary N) is 1. The van der Waals surface area contributed by atoms with E-state index in [2.05, 4.69) is 5.32 Å². The number of carbonyl (C=O) groups excluding carboxylic acids is 1. The second kappa shape index (κ2) is 6.17. The molecule has 0 radical (unpaired) electrons. The van der Waals surface area contributed by atoms with Crippen molar-refractivity contribution in [3.05, 3.63) is 53.8 Å². The number of carbonyl (C=O) groups is 1. The number of halogens is 3. The largest absolute Gasteiger partial charge is 0.481 e. The molecule has 0 fully saturated rings. The van der Waals surface area contributed by atoms with Gasteiger partial charge >= 0.3 is 0 Å². The zero-order valence-corrected chi connectivity index (χ0v) is 10.7. The molecule has 21 heavy (non-hydrogen) atoms. The van der Waals surface area contributed by atoms with Crippen LogP contribution in [0.15, 0.2) is 36.4 Å². The van der Waals surface area contributed by atoms with Crippen molar-refractivity contribution >= 4 is 17.3 Å². The van der Waals surface area contributed by atoms with E-state index in [1.54, 1.807) is 0 Å². The molecule has 0 aliphatic carbocycles. The van der Waals surface area contributed by atoms with E-state index >= 15 is 0 Å². The highest BCUT2D eigenvalue weighted by Crippen LogP contribution is 2.20. The second-order valence-corrected chi connectivity index (χ2v) is 4.12. The summed E-state index contributed by atoms with van der Waals surface area (Å²) in [5, 5.41) is 2.37. The minimum atomic E-state index is -1.17. The van der Waals surface area contributed by atoms with Gasteiger partial charge in [0.2, 0.25) is 5.82 Å². The third-order valence-corrected chi connectivity index (χ3v) is 2.56. The number of hydrogen-bond donors (Lipinski definition) is 2. The van der Waals surface area contributed by atoms with Crippen molar-refractivity contribution in [2.75, 3.05) is 17.7 Å². The summed E-state index contributed by atoms with van der Waals surface area (Å²) < 4.78 is 43.9. The number of anilines is 2. The molecule has 0 saturated heterocycles. The summed E-state index contributed by atoms with van der Waals surface area (Å²) in [6, 6.07) is 6.83. The van der Waals surface area contributed by atoms with Crippen LogP contribution in [0, 0.1) is 17.5 Å². The molecule has 0 spiro atoms. The lowest BCUT2D eigenvalue weighted by Crippen LogP contribution is -2.21. The number of hydrogen-bond acceptors (Lipinski definition) is 3. The molecule has 0 atom stereocenters. The molecular weight excluding hydrogens is 285 g/mol. The zero-order chi connectivity index (χ0) is 15.4. The normalized spacial score (nSPS) is 10.2. The predicted molar refractivity (Wildman–Crippen MR) is 71.3 cm³/mol. The topological polar surface area (TPSA) is 64.3 Å². The second-order valence-electron chi connectivity index (χ2n) is 4.12. The minimum absolute atomic E-state index is 0.0419. The van der Waals surface area contributed by atoms with E-state index in [1.807, 2.05) is 0 Å². The molecule has 2 aromatic carbocycles. The van der Waals surface area contributed by atoms with Crippen LogP contribution in [0.4, 0.5) is 24.5 Å². The summed E-state index contributed by atoms with van der Waals surface area (Å²) in [6.07, 6.45) is 0. The Kier molecular flexibility index (Phi) is 4.32. The van der Waals surface area contributed by atoms with Gasteiger partial charge in [-0.2, -0.15) is 4.39 Å². The smallest absolute Gasteiger partial charge is 0.262 e. The van der Waals surface area contributed by atoms with Crippen LogP contribution in [0.5, 0.6) is 5.75 Å². The Morgan fingerprint density at radius 3 is 2.67 bits per heavy atom. The Hall–Kier alpha value is -2.70. The summed E-state index contributed by atoms with van der Waals surface area (Å²) in [6.45, 7) is -0.544. The van der Waals surface area contributed by atoms with Gasteiger partial charge in [0, 0.05) is 0 Å². The van der Waals surface area contributed by atoms with Gasteiger partial charge in [-0.15, -0.1) is 0 Å².